The molecule has 12 heavy (non-hydrogen) atoms. The lowest BCUT2D eigenvalue weighted by atomic mass is 10.1. The van der Waals surface area contributed by atoms with Crippen LogP contribution in [0.1, 0.15) is 23.7 Å². The third kappa shape index (κ3) is 2.32. The first-order chi connectivity index (χ1) is 5.74. The van der Waals surface area contributed by atoms with Crippen LogP contribution < -0.4 is 5.73 Å². The zero-order valence-electron chi connectivity index (χ0n) is 7.33. The molecular formula is C10H15NO. The first-order valence-electron chi connectivity index (χ1n) is 4.18. The molecule has 0 saturated carbocycles. The largest absolute Gasteiger partial charge is 0.388 e. The summed E-state index contributed by atoms with van der Waals surface area (Å²) in [6.07, 6.45) is 0.221. The summed E-state index contributed by atoms with van der Waals surface area (Å²) >= 11 is 0. The molecule has 0 aliphatic heterocycles. The van der Waals surface area contributed by atoms with E-state index in [0.29, 0.717) is 13.0 Å². The minimum absolute atomic E-state index is 0.407. The zero-order valence-corrected chi connectivity index (χ0v) is 7.33. The Balaban J connectivity index is 2.68. The van der Waals surface area contributed by atoms with Crippen molar-refractivity contribution in [2.24, 2.45) is 5.73 Å². The van der Waals surface area contributed by atoms with Crippen LogP contribution in [0.4, 0.5) is 0 Å². The van der Waals surface area contributed by atoms with Crippen LogP contribution in [0.3, 0.4) is 0 Å². The lowest BCUT2D eigenvalue weighted by Gasteiger charge is -2.08. The number of aliphatic hydroxyl groups is 1. The molecule has 0 radical (unpaired) electrons. The minimum atomic E-state index is -0.407. The third-order valence-corrected chi connectivity index (χ3v) is 1.90. The van der Waals surface area contributed by atoms with Crippen molar-refractivity contribution >= 4 is 0 Å². The maximum atomic E-state index is 9.53. The Kier molecular flexibility index (Phi) is 3.26. The van der Waals surface area contributed by atoms with E-state index < -0.39 is 6.10 Å². The van der Waals surface area contributed by atoms with Crippen LogP contribution >= 0.6 is 0 Å². The van der Waals surface area contributed by atoms with Gasteiger partial charge in [-0.3, -0.25) is 0 Å². The van der Waals surface area contributed by atoms with Gasteiger partial charge in [0, 0.05) is 0 Å². The molecule has 0 spiro atoms. The average Bonchev–Trinajstić information content (AvgIpc) is 2.06. The highest BCUT2D eigenvalue weighted by Crippen LogP contribution is 2.15. The lowest BCUT2D eigenvalue weighted by Crippen LogP contribution is -2.06. The van der Waals surface area contributed by atoms with E-state index in [1.807, 2.05) is 31.2 Å². The predicted molar refractivity (Wildman–Crippen MR) is 49.8 cm³/mol. The minimum Gasteiger partial charge on any atom is -0.388 e. The van der Waals surface area contributed by atoms with Gasteiger partial charge in [0.05, 0.1) is 6.10 Å². The molecule has 1 rings (SSSR count). The molecule has 0 fully saturated rings. The van der Waals surface area contributed by atoms with Gasteiger partial charge in [-0.15, -0.1) is 0 Å². The van der Waals surface area contributed by atoms with Crippen LogP contribution in [0.25, 0.3) is 0 Å². The number of aliphatic hydroxyl groups excluding tert-OH is 1. The predicted octanol–water partition coefficient (Wildman–Crippen LogP) is 1.38. The van der Waals surface area contributed by atoms with E-state index in [-0.39, 0.29) is 0 Å². The molecule has 1 aromatic rings. The summed E-state index contributed by atoms with van der Waals surface area (Å²) in [7, 11) is 0. The van der Waals surface area contributed by atoms with Crippen molar-refractivity contribution in [1.29, 1.82) is 0 Å². The van der Waals surface area contributed by atoms with Crippen molar-refractivity contribution < 1.29 is 5.11 Å². The van der Waals surface area contributed by atoms with E-state index in [2.05, 4.69) is 0 Å². The normalized spacial score (nSPS) is 12.9. The topological polar surface area (TPSA) is 46.2 Å². The second-order valence-electron chi connectivity index (χ2n) is 3.00. The van der Waals surface area contributed by atoms with Gasteiger partial charge in [0.2, 0.25) is 0 Å². The summed E-state index contributed by atoms with van der Waals surface area (Å²) in [6.45, 7) is 2.55. The number of benzene rings is 1. The SMILES string of the molecule is Cc1ccc([C@H](O)CCN)cc1. The van der Waals surface area contributed by atoms with Gasteiger partial charge in [0.1, 0.15) is 0 Å². The zero-order chi connectivity index (χ0) is 8.97. The van der Waals surface area contributed by atoms with E-state index in [9.17, 15) is 5.11 Å². The molecule has 66 valence electrons. The third-order valence-electron chi connectivity index (χ3n) is 1.90. The fraction of sp³-hybridized carbons (Fsp3) is 0.400. The Labute approximate surface area is 73.0 Å². The van der Waals surface area contributed by atoms with E-state index in [4.69, 9.17) is 5.73 Å². The van der Waals surface area contributed by atoms with Gasteiger partial charge in [0.15, 0.2) is 0 Å². The molecule has 0 heterocycles. The molecule has 0 unspecified atom stereocenters. The fourth-order valence-electron chi connectivity index (χ4n) is 1.11. The van der Waals surface area contributed by atoms with Crippen LogP contribution in [0.15, 0.2) is 24.3 Å². The molecule has 0 aliphatic carbocycles. The number of nitrogens with two attached hydrogens (primary N) is 1. The first-order valence-corrected chi connectivity index (χ1v) is 4.18. The molecule has 0 aliphatic rings. The maximum Gasteiger partial charge on any atom is 0.0802 e. The van der Waals surface area contributed by atoms with Crippen molar-refractivity contribution in [3.63, 3.8) is 0 Å². The van der Waals surface area contributed by atoms with Gasteiger partial charge in [-0.25, -0.2) is 0 Å². The van der Waals surface area contributed by atoms with Gasteiger partial charge in [0.25, 0.3) is 0 Å². The van der Waals surface area contributed by atoms with Crippen molar-refractivity contribution in [1.82, 2.24) is 0 Å². The summed E-state index contributed by atoms with van der Waals surface area (Å²) in [5.41, 5.74) is 7.49. The summed E-state index contributed by atoms with van der Waals surface area (Å²) in [6, 6.07) is 7.87. The van der Waals surface area contributed by atoms with Crippen LogP contribution in [0.5, 0.6) is 0 Å². The summed E-state index contributed by atoms with van der Waals surface area (Å²) in [5, 5.41) is 9.53. The second kappa shape index (κ2) is 4.24. The fourth-order valence-corrected chi connectivity index (χ4v) is 1.11. The Hall–Kier alpha value is -0.860. The molecule has 1 atom stereocenters. The molecule has 3 N–H and O–H groups in total. The van der Waals surface area contributed by atoms with E-state index >= 15 is 0 Å². The Morgan fingerprint density at radius 2 is 1.92 bits per heavy atom. The summed E-state index contributed by atoms with van der Waals surface area (Å²) in [5.74, 6) is 0. The first kappa shape index (κ1) is 9.23. The van der Waals surface area contributed by atoms with Crippen LogP contribution in [-0.4, -0.2) is 11.7 Å². The van der Waals surface area contributed by atoms with Crippen LogP contribution in [0, 0.1) is 6.92 Å². The van der Waals surface area contributed by atoms with Gasteiger partial charge < -0.3 is 10.8 Å². The number of rotatable bonds is 3. The van der Waals surface area contributed by atoms with Crippen molar-refractivity contribution in [3.8, 4) is 0 Å². The molecule has 2 heteroatoms. The van der Waals surface area contributed by atoms with Gasteiger partial charge in [-0.2, -0.15) is 0 Å². The molecular weight excluding hydrogens is 150 g/mol. The van der Waals surface area contributed by atoms with Crippen molar-refractivity contribution in [2.45, 2.75) is 19.4 Å². The van der Waals surface area contributed by atoms with Gasteiger partial charge in [-0.05, 0) is 25.5 Å². The van der Waals surface area contributed by atoms with E-state index in [0.717, 1.165) is 5.56 Å². The summed E-state index contributed by atoms with van der Waals surface area (Å²) in [4.78, 5) is 0. The standard InChI is InChI=1S/C10H15NO/c1-8-2-4-9(5-3-8)10(12)6-7-11/h2-5,10,12H,6-7,11H2,1H3/t10-/m1/s1. The highest BCUT2D eigenvalue weighted by molar-refractivity contribution is 5.22. The number of hydrogen-bond acceptors (Lipinski definition) is 2. The summed E-state index contributed by atoms with van der Waals surface area (Å²) < 4.78 is 0. The lowest BCUT2D eigenvalue weighted by molar-refractivity contribution is 0.170. The van der Waals surface area contributed by atoms with Crippen molar-refractivity contribution in [3.05, 3.63) is 35.4 Å². The number of aryl methyl sites for hydroxylation is 1. The smallest absolute Gasteiger partial charge is 0.0802 e. The highest BCUT2D eigenvalue weighted by atomic mass is 16.3. The van der Waals surface area contributed by atoms with Crippen LogP contribution in [0.2, 0.25) is 0 Å². The number of hydrogen-bond donors (Lipinski definition) is 2. The molecule has 2 nitrogen and oxygen atoms in total. The van der Waals surface area contributed by atoms with Crippen molar-refractivity contribution in [2.75, 3.05) is 6.54 Å². The molecule has 0 saturated heterocycles. The quantitative estimate of drug-likeness (QED) is 0.710. The second-order valence-corrected chi connectivity index (χ2v) is 3.00. The Morgan fingerprint density at radius 3 is 2.42 bits per heavy atom. The van der Waals surface area contributed by atoms with Gasteiger partial charge in [-0.1, -0.05) is 29.8 Å². The highest BCUT2D eigenvalue weighted by Gasteiger charge is 2.04. The van der Waals surface area contributed by atoms with Gasteiger partial charge >= 0.3 is 0 Å². The molecule has 0 bridgehead atoms. The van der Waals surface area contributed by atoms with E-state index in [1.165, 1.54) is 5.56 Å². The Bertz CT molecular complexity index is 230. The monoisotopic (exact) mass is 165 g/mol. The molecule has 0 amide bonds. The average molecular weight is 165 g/mol. The Morgan fingerprint density at radius 1 is 1.33 bits per heavy atom. The van der Waals surface area contributed by atoms with E-state index in [1.54, 1.807) is 0 Å². The molecule has 0 aromatic heterocycles. The molecule has 1 aromatic carbocycles. The maximum absolute atomic E-state index is 9.53. The van der Waals surface area contributed by atoms with Crippen LogP contribution in [-0.2, 0) is 0 Å².